The molecule has 1 aromatic heterocycles. The van der Waals surface area contributed by atoms with Crippen LogP contribution in [0.15, 0.2) is 53.8 Å². The molecule has 3 atom stereocenters. The highest BCUT2D eigenvalue weighted by atomic mass is 32.1. The number of ketones is 1. The van der Waals surface area contributed by atoms with Crippen molar-refractivity contribution < 1.29 is 23.5 Å². The number of benzene rings is 2. The lowest BCUT2D eigenvalue weighted by atomic mass is 9.77. The van der Waals surface area contributed by atoms with Crippen LogP contribution < -0.4 is 9.64 Å². The first-order valence-corrected chi connectivity index (χ1v) is 12.4. The van der Waals surface area contributed by atoms with E-state index in [2.05, 4.69) is 0 Å². The van der Waals surface area contributed by atoms with Gasteiger partial charge >= 0.3 is 0 Å². The summed E-state index contributed by atoms with van der Waals surface area (Å²) in [4.78, 5) is 33.6. The Labute approximate surface area is 200 Å². The van der Waals surface area contributed by atoms with Gasteiger partial charge in [-0.3, -0.25) is 14.5 Å². The zero-order valence-corrected chi connectivity index (χ0v) is 19.4. The summed E-state index contributed by atoms with van der Waals surface area (Å²) in [7, 11) is 0. The minimum atomic E-state index is -0.777. The Morgan fingerprint density at radius 2 is 2.03 bits per heavy atom. The zero-order chi connectivity index (χ0) is 23.4. The van der Waals surface area contributed by atoms with Crippen molar-refractivity contribution in [3.8, 4) is 5.75 Å². The molecule has 1 saturated carbocycles. The summed E-state index contributed by atoms with van der Waals surface area (Å²) in [5, 5.41) is 0.441. The number of rotatable bonds is 4. The molecular formula is C26H23FN2O4S. The van der Waals surface area contributed by atoms with Crippen LogP contribution in [0.5, 0.6) is 5.75 Å². The Balaban J connectivity index is 1.49. The number of carbonyl (C=O) groups excluding carboxylic acids is 2. The van der Waals surface area contributed by atoms with Gasteiger partial charge in [0, 0.05) is 0 Å². The average Bonchev–Trinajstić information content (AvgIpc) is 3.38. The molecule has 0 bridgehead atoms. The maximum Gasteiger partial charge on any atom is 0.296 e. The standard InChI is InChI=1S/C26H23FN2O4S/c1-2-32-16-10-11-18-20(13-16)34-26(28-18)29-22(14-6-5-7-15(27)12-14)21-23(30)17-8-3-4-9-19(17)33-24(21)25(29)31/h5-7,10-13,17,19,22H,2-4,8-9H2,1H3. The molecule has 174 valence electrons. The van der Waals surface area contributed by atoms with Gasteiger partial charge in [0.25, 0.3) is 5.91 Å². The van der Waals surface area contributed by atoms with Crippen LogP contribution in [0.1, 0.15) is 44.2 Å². The van der Waals surface area contributed by atoms with Gasteiger partial charge in [0.2, 0.25) is 0 Å². The molecule has 3 aromatic rings. The number of ether oxygens (including phenoxy) is 2. The predicted octanol–water partition coefficient (Wildman–Crippen LogP) is 5.33. The molecule has 3 aliphatic rings. The molecule has 34 heavy (non-hydrogen) atoms. The Hall–Kier alpha value is -3.26. The van der Waals surface area contributed by atoms with Crippen LogP contribution in [0, 0.1) is 11.7 Å². The van der Waals surface area contributed by atoms with Gasteiger partial charge in [-0.1, -0.05) is 29.9 Å². The smallest absolute Gasteiger partial charge is 0.296 e. The van der Waals surface area contributed by atoms with Gasteiger partial charge in [0.15, 0.2) is 16.7 Å². The van der Waals surface area contributed by atoms with Gasteiger partial charge in [-0.05, 0) is 62.1 Å². The largest absolute Gasteiger partial charge is 0.494 e. The summed E-state index contributed by atoms with van der Waals surface area (Å²) < 4.78 is 26.9. The zero-order valence-electron chi connectivity index (χ0n) is 18.6. The van der Waals surface area contributed by atoms with Crippen molar-refractivity contribution in [3.63, 3.8) is 0 Å². The fraction of sp³-hybridized carbons (Fsp3) is 0.346. The molecule has 1 aliphatic carbocycles. The van der Waals surface area contributed by atoms with Gasteiger partial charge in [-0.15, -0.1) is 0 Å². The quantitative estimate of drug-likeness (QED) is 0.507. The van der Waals surface area contributed by atoms with Crippen LogP contribution in [0.3, 0.4) is 0 Å². The van der Waals surface area contributed by atoms with Crippen LogP contribution in [0.2, 0.25) is 0 Å². The third-order valence-electron chi connectivity index (χ3n) is 6.79. The number of aromatic nitrogens is 1. The second-order valence-corrected chi connectivity index (χ2v) is 9.86. The van der Waals surface area contributed by atoms with E-state index in [0.29, 0.717) is 22.9 Å². The molecule has 3 heterocycles. The van der Waals surface area contributed by atoms with Crippen molar-refractivity contribution in [3.05, 3.63) is 65.2 Å². The number of hydrogen-bond donors (Lipinski definition) is 0. The summed E-state index contributed by atoms with van der Waals surface area (Å²) >= 11 is 1.34. The van der Waals surface area contributed by atoms with Crippen molar-refractivity contribution in [1.82, 2.24) is 4.98 Å². The Morgan fingerprint density at radius 1 is 1.18 bits per heavy atom. The van der Waals surface area contributed by atoms with Crippen molar-refractivity contribution in [2.75, 3.05) is 11.5 Å². The number of carbonyl (C=O) groups is 2. The first kappa shape index (κ1) is 21.3. The molecule has 8 heteroatoms. The van der Waals surface area contributed by atoms with E-state index in [-0.39, 0.29) is 23.6 Å². The Kier molecular flexibility index (Phi) is 5.13. The molecule has 0 radical (unpaired) electrons. The van der Waals surface area contributed by atoms with E-state index in [9.17, 15) is 14.0 Å². The van der Waals surface area contributed by atoms with Gasteiger partial charge in [-0.2, -0.15) is 0 Å². The number of Topliss-reactive ketones (excluding diaryl/α,β-unsaturated/α-hetero) is 1. The van der Waals surface area contributed by atoms with E-state index >= 15 is 0 Å². The first-order chi connectivity index (χ1) is 16.5. The van der Waals surface area contributed by atoms with E-state index in [1.54, 1.807) is 12.1 Å². The third-order valence-corrected chi connectivity index (χ3v) is 7.81. The summed E-state index contributed by atoms with van der Waals surface area (Å²) in [6.07, 6.45) is 3.16. The summed E-state index contributed by atoms with van der Waals surface area (Å²) in [5.74, 6) is -0.331. The Morgan fingerprint density at radius 3 is 2.85 bits per heavy atom. The minimum Gasteiger partial charge on any atom is -0.494 e. The molecule has 0 N–H and O–H groups in total. The third kappa shape index (κ3) is 3.31. The SMILES string of the molecule is CCOc1ccc2nc(N3C(=O)C4=C(C(=O)C5CCCCC5O4)C3c3cccc(F)c3)sc2c1. The molecule has 2 aliphatic heterocycles. The molecule has 2 aromatic carbocycles. The molecule has 1 fully saturated rings. The van der Waals surface area contributed by atoms with Crippen molar-refractivity contribution >= 4 is 38.4 Å². The molecule has 6 rings (SSSR count). The van der Waals surface area contributed by atoms with Crippen molar-refractivity contribution in [1.29, 1.82) is 0 Å². The maximum atomic E-state index is 14.3. The van der Waals surface area contributed by atoms with Gasteiger partial charge in [0.05, 0.1) is 34.4 Å². The fourth-order valence-electron chi connectivity index (χ4n) is 5.29. The van der Waals surface area contributed by atoms with E-state index in [0.717, 1.165) is 41.6 Å². The van der Waals surface area contributed by atoms with E-state index in [1.165, 1.54) is 28.4 Å². The molecule has 6 nitrogen and oxygen atoms in total. The first-order valence-electron chi connectivity index (χ1n) is 11.6. The minimum absolute atomic E-state index is 0.0594. The van der Waals surface area contributed by atoms with Gasteiger partial charge < -0.3 is 9.47 Å². The lowest BCUT2D eigenvalue weighted by Crippen LogP contribution is -2.39. The van der Waals surface area contributed by atoms with Crippen LogP contribution in [-0.4, -0.2) is 29.4 Å². The lowest BCUT2D eigenvalue weighted by molar-refractivity contribution is -0.131. The number of amides is 1. The number of anilines is 1. The van der Waals surface area contributed by atoms with Crippen LogP contribution >= 0.6 is 11.3 Å². The number of hydrogen-bond acceptors (Lipinski definition) is 6. The summed E-state index contributed by atoms with van der Waals surface area (Å²) in [6.45, 7) is 2.46. The Bertz CT molecular complexity index is 1350. The second kappa shape index (κ2) is 8.20. The molecular weight excluding hydrogens is 455 g/mol. The van der Waals surface area contributed by atoms with E-state index in [1.807, 2.05) is 25.1 Å². The van der Waals surface area contributed by atoms with Crippen molar-refractivity contribution in [2.45, 2.75) is 44.8 Å². The number of thiazole rings is 1. The fourth-order valence-corrected chi connectivity index (χ4v) is 6.31. The van der Waals surface area contributed by atoms with Gasteiger partial charge in [0.1, 0.15) is 17.7 Å². The van der Waals surface area contributed by atoms with Gasteiger partial charge in [-0.25, -0.2) is 9.37 Å². The number of nitrogens with zero attached hydrogens (tertiary/aromatic N) is 2. The number of halogens is 1. The average molecular weight is 479 g/mol. The number of fused-ring (bicyclic) bond motifs is 2. The molecule has 1 amide bonds. The highest BCUT2D eigenvalue weighted by Crippen LogP contribution is 2.49. The normalized spacial score (nSPS) is 24.3. The maximum absolute atomic E-state index is 14.3. The van der Waals surface area contributed by atoms with Crippen LogP contribution in [-0.2, 0) is 14.3 Å². The lowest BCUT2D eigenvalue weighted by Gasteiger charge is -2.35. The van der Waals surface area contributed by atoms with Crippen LogP contribution in [0.25, 0.3) is 10.2 Å². The van der Waals surface area contributed by atoms with E-state index in [4.69, 9.17) is 14.5 Å². The molecule has 3 unspecified atom stereocenters. The topological polar surface area (TPSA) is 68.7 Å². The van der Waals surface area contributed by atoms with E-state index < -0.39 is 17.8 Å². The summed E-state index contributed by atoms with van der Waals surface area (Å²) in [6, 6.07) is 10.9. The monoisotopic (exact) mass is 478 g/mol. The van der Waals surface area contributed by atoms with Crippen molar-refractivity contribution in [2.24, 2.45) is 5.92 Å². The highest BCUT2D eigenvalue weighted by Gasteiger charge is 2.53. The second-order valence-electron chi connectivity index (χ2n) is 8.85. The summed E-state index contributed by atoms with van der Waals surface area (Å²) in [5.41, 5.74) is 1.58. The molecule has 0 spiro atoms. The highest BCUT2D eigenvalue weighted by molar-refractivity contribution is 7.22. The van der Waals surface area contributed by atoms with Crippen LogP contribution in [0.4, 0.5) is 9.52 Å². The predicted molar refractivity (Wildman–Crippen MR) is 126 cm³/mol. The molecule has 0 saturated heterocycles.